The SMILES string of the molecule is C/C=C/C(N)=Nc1ccc(C2(CCCCCC)NNC(c3ccc(N=C(C)N)cc3)O2)cc1. The number of hydrazine groups is 1. The van der Waals surface area contributed by atoms with Crippen LogP contribution in [0.4, 0.5) is 11.4 Å². The van der Waals surface area contributed by atoms with Gasteiger partial charge < -0.3 is 16.2 Å². The maximum Gasteiger partial charge on any atom is 0.160 e. The molecule has 0 saturated carbocycles. The summed E-state index contributed by atoms with van der Waals surface area (Å²) in [7, 11) is 0. The summed E-state index contributed by atoms with van der Waals surface area (Å²) in [6.45, 7) is 5.91. The number of amidine groups is 2. The Morgan fingerprint density at radius 2 is 1.67 bits per heavy atom. The van der Waals surface area contributed by atoms with Gasteiger partial charge >= 0.3 is 0 Å². The number of hydrogen-bond acceptors (Lipinski definition) is 5. The lowest BCUT2D eigenvalue weighted by molar-refractivity contribution is -0.0658. The summed E-state index contributed by atoms with van der Waals surface area (Å²) < 4.78 is 6.63. The Morgan fingerprint density at radius 3 is 2.30 bits per heavy atom. The third-order valence-corrected chi connectivity index (χ3v) is 5.54. The topological polar surface area (TPSA) is 110 Å². The van der Waals surface area contributed by atoms with Gasteiger partial charge in [0, 0.05) is 0 Å². The molecule has 1 fully saturated rings. The zero-order valence-corrected chi connectivity index (χ0v) is 19.8. The van der Waals surface area contributed by atoms with Crippen molar-refractivity contribution in [3.05, 3.63) is 71.8 Å². The van der Waals surface area contributed by atoms with Crippen molar-refractivity contribution in [2.75, 3.05) is 0 Å². The number of hydrogen-bond donors (Lipinski definition) is 4. The molecule has 0 aromatic heterocycles. The minimum absolute atomic E-state index is 0.281. The fraction of sp³-hybridized carbons (Fsp3) is 0.385. The van der Waals surface area contributed by atoms with Gasteiger partial charge in [-0.05, 0) is 68.2 Å². The fourth-order valence-electron chi connectivity index (χ4n) is 3.89. The first-order valence-electron chi connectivity index (χ1n) is 11.6. The van der Waals surface area contributed by atoms with E-state index in [1.54, 1.807) is 13.0 Å². The zero-order valence-electron chi connectivity index (χ0n) is 19.8. The average Bonchev–Trinajstić information content (AvgIpc) is 3.23. The second-order valence-electron chi connectivity index (χ2n) is 8.33. The van der Waals surface area contributed by atoms with Gasteiger partial charge in [-0.2, -0.15) is 0 Å². The van der Waals surface area contributed by atoms with E-state index in [2.05, 4.69) is 39.9 Å². The zero-order chi connectivity index (χ0) is 23.7. The number of aliphatic imine (C=N–C) groups is 2. The lowest BCUT2D eigenvalue weighted by atomic mass is 9.96. The fourth-order valence-corrected chi connectivity index (χ4v) is 3.89. The second-order valence-corrected chi connectivity index (χ2v) is 8.33. The van der Waals surface area contributed by atoms with Crippen LogP contribution in [0.15, 0.2) is 70.7 Å². The molecule has 7 heteroatoms. The van der Waals surface area contributed by atoms with Gasteiger partial charge in [-0.1, -0.05) is 56.5 Å². The molecule has 2 aromatic carbocycles. The van der Waals surface area contributed by atoms with Crippen LogP contribution in [0.25, 0.3) is 0 Å². The van der Waals surface area contributed by atoms with Crippen molar-refractivity contribution < 1.29 is 4.74 Å². The highest BCUT2D eigenvalue weighted by Gasteiger charge is 2.41. The van der Waals surface area contributed by atoms with E-state index in [1.807, 2.05) is 49.4 Å². The average molecular weight is 449 g/mol. The number of nitrogens with one attached hydrogen (secondary N) is 2. The number of nitrogens with two attached hydrogens (primary N) is 2. The summed E-state index contributed by atoms with van der Waals surface area (Å²) in [5.74, 6) is 1.01. The molecule has 1 heterocycles. The summed E-state index contributed by atoms with van der Waals surface area (Å²) in [5, 5.41) is 0. The number of ether oxygens (including phenoxy) is 1. The maximum absolute atomic E-state index is 6.63. The molecule has 0 spiro atoms. The highest BCUT2D eigenvalue weighted by Crippen LogP contribution is 2.38. The maximum atomic E-state index is 6.63. The molecular formula is C26H36N6O. The Balaban J connectivity index is 1.81. The molecule has 2 unspecified atom stereocenters. The molecule has 7 nitrogen and oxygen atoms in total. The molecule has 0 bridgehead atoms. The van der Waals surface area contributed by atoms with Crippen molar-refractivity contribution in [3.8, 4) is 0 Å². The van der Waals surface area contributed by atoms with Gasteiger partial charge in [0.25, 0.3) is 0 Å². The van der Waals surface area contributed by atoms with Crippen LogP contribution in [0, 0.1) is 0 Å². The van der Waals surface area contributed by atoms with E-state index in [4.69, 9.17) is 16.2 Å². The summed E-state index contributed by atoms with van der Waals surface area (Å²) in [5.41, 5.74) is 21.5. The molecule has 2 atom stereocenters. The van der Waals surface area contributed by atoms with Crippen molar-refractivity contribution in [2.45, 2.75) is 64.8 Å². The van der Waals surface area contributed by atoms with Gasteiger partial charge in [0.05, 0.1) is 17.2 Å². The van der Waals surface area contributed by atoms with Crippen molar-refractivity contribution >= 4 is 23.0 Å². The summed E-state index contributed by atoms with van der Waals surface area (Å²) in [6, 6.07) is 16.0. The Hall–Kier alpha value is -3.00. The lowest BCUT2D eigenvalue weighted by Crippen LogP contribution is -2.42. The Labute approximate surface area is 197 Å². The predicted molar refractivity (Wildman–Crippen MR) is 136 cm³/mol. The minimum Gasteiger partial charge on any atom is -0.387 e. The van der Waals surface area contributed by atoms with Crippen LogP contribution in [0.3, 0.4) is 0 Å². The number of benzene rings is 2. The molecule has 0 amide bonds. The molecule has 176 valence electrons. The van der Waals surface area contributed by atoms with Crippen LogP contribution in [-0.2, 0) is 10.5 Å². The predicted octanol–water partition coefficient (Wildman–Crippen LogP) is 5.21. The monoisotopic (exact) mass is 448 g/mol. The molecule has 2 aromatic rings. The summed E-state index contributed by atoms with van der Waals surface area (Å²) in [4.78, 5) is 8.72. The molecule has 33 heavy (non-hydrogen) atoms. The van der Waals surface area contributed by atoms with Crippen LogP contribution >= 0.6 is 0 Å². The van der Waals surface area contributed by atoms with Crippen molar-refractivity contribution in [3.63, 3.8) is 0 Å². The lowest BCUT2D eigenvalue weighted by Gasteiger charge is -2.29. The highest BCUT2D eigenvalue weighted by molar-refractivity contribution is 5.93. The van der Waals surface area contributed by atoms with E-state index in [9.17, 15) is 0 Å². The first-order valence-corrected chi connectivity index (χ1v) is 11.6. The van der Waals surface area contributed by atoms with Crippen LogP contribution in [0.1, 0.15) is 70.2 Å². The van der Waals surface area contributed by atoms with Crippen molar-refractivity contribution in [2.24, 2.45) is 21.5 Å². The number of nitrogens with zero attached hydrogens (tertiary/aromatic N) is 2. The van der Waals surface area contributed by atoms with Crippen LogP contribution in [0.2, 0.25) is 0 Å². The van der Waals surface area contributed by atoms with Crippen LogP contribution in [-0.4, -0.2) is 11.7 Å². The standard InChI is InChI=1S/C26H36N6O/c1-4-6-7-8-18-26(21-12-16-23(17-13-21)30-24(28)9-5-2)32-31-25(33-26)20-10-14-22(15-11-20)29-19(3)27/h5,9-17,25,31-32H,4,6-8,18H2,1-3H3,(H2,27,29)(H2,28,30)/b9-5+. The first-order chi connectivity index (χ1) is 16.0. The number of unbranched alkanes of at least 4 members (excludes halogenated alkanes) is 3. The van der Waals surface area contributed by atoms with Gasteiger partial charge in [-0.25, -0.2) is 20.8 Å². The second kappa shape index (κ2) is 11.7. The van der Waals surface area contributed by atoms with E-state index in [1.165, 1.54) is 19.3 Å². The van der Waals surface area contributed by atoms with Gasteiger partial charge in [0.15, 0.2) is 5.72 Å². The number of allylic oxidation sites excluding steroid dienone is 1. The van der Waals surface area contributed by atoms with E-state index >= 15 is 0 Å². The third-order valence-electron chi connectivity index (χ3n) is 5.54. The Bertz CT molecular complexity index is 977. The molecule has 1 aliphatic heterocycles. The van der Waals surface area contributed by atoms with Gasteiger partial charge in [-0.15, -0.1) is 0 Å². The van der Waals surface area contributed by atoms with Crippen molar-refractivity contribution in [1.82, 2.24) is 10.9 Å². The summed E-state index contributed by atoms with van der Waals surface area (Å²) >= 11 is 0. The van der Waals surface area contributed by atoms with Crippen molar-refractivity contribution in [1.29, 1.82) is 0 Å². The van der Waals surface area contributed by atoms with E-state index in [0.29, 0.717) is 11.7 Å². The first kappa shape index (κ1) is 24.6. The highest BCUT2D eigenvalue weighted by atomic mass is 16.6. The Morgan fingerprint density at radius 1 is 1.00 bits per heavy atom. The number of rotatable bonds is 10. The smallest absolute Gasteiger partial charge is 0.160 e. The molecule has 1 aliphatic rings. The molecule has 6 N–H and O–H groups in total. The quantitative estimate of drug-likeness (QED) is 0.227. The van der Waals surface area contributed by atoms with Crippen LogP contribution in [0.5, 0.6) is 0 Å². The molecule has 1 saturated heterocycles. The van der Waals surface area contributed by atoms with Gasteiger partial charge in [-0.3, -0.25) is 0 Å². The molecule has 0 aliphatic carbocycles. The van der Waals surface area contributed by atoms with Gasteiger partial charge in [0.1, 0.15) is 12.1 Å². The van der Waals surface area contributed by atoms with Crippen LogP contribution < -0.4 is 22.3 Å². The molecule has 3 rings (SSSR count). The van der Waals surface area contributed by atoms with E-state index in [0.717, 1.165) is 35.3 Å². The Kier molecular flexibility index (Phi) is 8.77. The normalized spacial score (nSPS) is 21.7. The van der Waals surface area contributed by atoms with E-state index < -0.39 is 5.72 Å². The molecule has 0 radical (unpaired) electrons. The molecular weight excluding hydrogens is 412 g/mol. The minimum atomic E-state index is -0.625. The van der Waals surface area contributed by atoms with Gasteiger partial charge in [0.2, 0.25) is 0 Å². The third kappa shape index (κ3) is 6.74. The summed E-state index contributed by atoms with van der Waals surface area (Å²) in [6.07, 6.45) is 8.87. The largest absolute Gasteiger partial charge is 0.387 e. The van der Waals surface area contributed by atoms with E-state index in [-0.39, 0.29) is 6.23 Å².